The Morgan fingerprint density at radius 2 is 1.58 bits per heavy atom. The highest BCUT2D eigenvalue weighted by Crippen LogP contribution is 2.24. The molecular formula is C19H19NO2S2. The van der Waals surface area contributed by atoms with Crippen molar-refractivity contribution in [1.82, 2.24) is 4.31 Å². The van der Waals surface area contributed by atoms with E-state index >= 15 is 0 Å². The van der Waals surface area contributed by atoms with E-state index in [9.17, 15) is 8.42 Å². The Kier molecular flexibility index (Phi) is 4.94. The molecule has 3 nitrogen and oxygen atoms in total. The molecule has 0 radical (unpaired) electrons. The van der Waals surface area contributed by atoms with E-state index in [4.69, 9.17) is 0 Å². The number of thioether (sulfide) groups is 1. The van der Waals surface area contributed by atoms with E-state index in [2.05, 4.69) is 0 Å². The van der Waals surface area contributed by atoms with Gasteiger partial charge in [-0.05, 0) is 46.9 Å². The molecule has 0 heterocycles. The summed E-state index contributed by atoms with van der Waals surface area (Å²) in [5.74, 6) is 0. The van der Waals surface area contributed by atoms with Crippen LogP contribution in [0, 0.1) is 0 Å². The van der Waals surface area contributed by atoms with Crippen molar-refractivity contribution in [3.8, 4) is 0 Å². The molecule has 5 heteroatoms. The van der Waals surface area contributed by atoms with Gasteiger partial charge in [-0.25, -0.2) is 8.42 Å². The minimum absolute atomic E-state index is 0.322. The third-order valence-electron chi connectivity index (χ3n) is 4.04. The molecule has 0 spiro atoms. The molecule has 0 aliphatic rings. The second-order valence-electron chi connectivity index (χ2n) is 5.57. The summed E-state index contributed by atoms with van der Waals surface area (Å²) in [7, 11) is -1.88. The van der Waals surface area contributed by atoms with E-state index in [1.54, 1.807) is 30.9 Å². The van der Waals surface area contributed by atoms with Gasteiger partial charge in [0.2, 0.25) is 10.0 Å². The molecule has 0 saturated heterocycles. The molecule has 0 fully saturated rings. The lowest BCUT2D eigenvalue weighted by Crippen LogP contribution is -2.26. The SMILES string of the molecule is CSc1ccc(S(=O)(=O)N(C)Cc2cccc3ccccc23)cc1. The van der Waals surface area contributed by atoms with Gasteiger partial charge in [-0.3, -0.25) is 0 Å². The number of hydrogen-bond donors (Lipinski definition) is 0. The first-order chi connectivity index (χ1) is 11.5. The Balaban J connectivity index is 1.91. The summed E-state index contributed by atoms with van der Waals surface area (Å²) in [6.07, 6.45) is 1.97. The van der Waals surface area contributed by atoms with Crippen molar-refractivity contribution >= 4 is 32.6 Å². The molecule has 3 aromatic rings. The Morgan fingerprint density at radius 3 is 2.29 bits per heavy atom. The molecule has 24 heavy (non-hydrogen) atoms. The van der Waals surface area contributed by atoms with Crippen molar-refractivity contribution in [2.75, 3.05) is 13.3 Å². The summed E-state index contributed by atoms with van der Waals surface area (Å²) in [6.45, 7) is 0.341. The van der Waals surface area contributed by atoms with Crippen LogP contribution >= 0.6 is 11.8 Å². The van der Waals surface area contributed by atoms with Crippen molar-refractivity contribution in [2.24, 2.45) is 0 Å². The maximum absolute atomic E-state index is 12.8. The predicted octanol–water partition coefficient (Wildman–Crippen LogP) is 4.38. The molecule has 3 rings (SSSR count). The maximum atomic E-state index is 12.8. The van der Waals surface area contributed by atoms with Gasteiger partial charge in [-0.1, -0.05) is 42.5 Å². The molecule has 0 bridgehead atoms. The average Bonchev–Trinajstić information content (AvgIpc) is 2.62. The average molecular weight is 358 g/mol. The molecule has 3 aromatic carbocycles. The molecule has 0 aromatic heterocycles. The quantitative estimate of drug-likeness (QED) is 0.636. The van der Waals surface area contributed by atoms with Gasteiger partial charge in [0.25, 0.3) is 0 Å². The van der Waals surface area contributed by atoms with Crippen LogP contribution in [-0.4, -0.2) is 26.0 Å². The number of sulfonamides is 1. The first-order valence-electron chi connectivity index (χ1n) is 7.59. The molecule has 0 amide bonds. The zero-order valence-electron chi connectivity index (χ0n) is 13.6. The Labute approximate surface area is 147 Å². The largest absolute Gasteiger partial charge is 0.243 e. The topological polar surface area (TPSA) is 37.4 Å². The molecule has 0 atom stereocenters. The van der Waals surface area contributed by atoms with Crippen molar-refractivity contribution in [3.63, 3.8) is 0 Å². The third-order valence-corrected chi connectivity index (χ3v) is 6.60. The predicted molar refractivity (Wildman–Crippen MR) is 101 cm³/mol. The van der Waals surface area contributed by atoms with Crippen molar-refractivity contribution in [2.45, 2.75) is 16.3 Å². The van der Waals surface area contributed by atoms with Gasteiger partial charge in [-0.2, -0.15) is 4.31 Å². The van der Waals surface area contributed by atoms with Crippen LogP contribution in [0.15, 0.2) is 76.5 Å². The highest BCUT2D eigenvalue weighted by Gasteiger charge is 2.21. The zero-order valence-corrected chi connectivity index (χ0v) is 15.3. The number of benzene rings is 3. The molecule has 0 aliphatic heterocycles. The van der Waals surface area contributed by atoms with Crippen LogP contribution in [-0.2, 0) is 16.6 Å². The normalized spacial score (nSPS) is 12.0. The molecule has 124 valence electrons. The van der Waals surface area contributed by atoms with Crippen molar-refractivity contribution < 1.29 is 8.42 Å². The van der Waals surface area contributed by atoms with E-state index < -0.39 is 10.0 Å². The lowest BCUT2D eigenvalue weighted by molar-refractivity contribution is 0.468. The fraction of sp³-hybridized carbons (Fsp3) is 0.158. The highest BCUT2D eigenvalue weighted by molar-refractivity contribution is 7.98. The number of fused-ring (bicyclic) bond motifs is 1. The molecule has 0 unspecified atom stereocenters. The van der Waals surface area contributed by atoms with E-state index in [-0.39, 0.29) is 0 Å². The minimum Gasteiger partial charge on any atom is -0.207 e. The molecule has 0 N–H and O–H groups in total. The smallest absolute Gasteiger partial charge is 0.207 e. The first-order valence-corrected chi connectivity index (χ1v) is 10.3. The van der Waals surface area contributed by atoms with Gasteiger partial charge < -0.3 is 0 Å². The highest BCUT2D eigenvalue weighted by atomic mass is 32.2. The van der Waals surface area contributed by atoms with Gasteiger partial charge in [0.05, 0.1) is 4.90 Å². The van der Waals surface area contributed by atoms with Gasteiger partial charge in [0, 0.05) is 18.5 Å². The first kappa shape index (κ1) is 17.0. The lowest BCUT2D eigenvalue weighted by atomic mass is 10.0. The Bertz CT molecular complexity index is 945. The summed E-state index contributed by atoms with van der Waals surface area (Å²) in [4.78, 5) is 1.37. The number of rotatable bonds is 5. The van der Waals surface area contributed by atoms with Gasteiger partial charge >= 0.3 is 0 Å². The van der Waals surface area contributed by atoms with Gasteiger partial charge in [0.15, 0.2) is 0 Å². The van der Waals surface area contributed by atoms with Crippen LogP contribution < -0.4 is 0 Å². The van der Waals surface area contributed by atoms with E-state index in [0.29, 0.717) is 11.4 Å². The van der Waals surface area contributed by atoms with Crippen LogP contribution in [0.2, 0.25) is 0 Å². The molecular weight excluding hydrogens is 338 g/mol. The van der Waals surface area contributed by atoms with Gasteiger partial charge in [0.1, 0.15) is 0 Å². The van der Waals surface area contributed by atoms with Crippen LogP contribution in [0.5, 0.6) is 0 Å². The van der Waals surface area contributed by atoms with E-state index in [1.807, 2.05) is 60.9 Å². The number of nitrogens with zero attached hydrogens (tertiary/aromatic N) is 1. The Morgan fingerprint density at radius 1 is 0.917 bits per heavy atom. The standard InChI is InChI=1S/C19H19NO2S2/c1-20(24(21,22)18-12-10-17(23-2)11-13-18)14-16-8-5-7-15-6-3-4-9-19(15)16/h3-13H,14H2,1-2H3. The lowest BCUT2D eigenvalue weighted by Gasteiger charge is -2.18. The van der Waals surface area contributed by atoms with Crippen molar-refractivity contribution in [1.29, 1.82) is 0 Å². The maximum Gasteiger partial charge on any atom is 0.243 e. The second-order valence-corrected chi connectivity index (χ2v) is 8.50. The van der Waals surface area contributed by atoms with E-state index in [0.717, 1.165) is 21.2 Å². The van der Waals surface area contributed by atoms with E-state index in [1.165, 1.54) is 4.31 Å². The fourth-order valence-corrected chi connectivity index (χ4v) is 4.24. The summed E-state index contributed by atoms with van der Waals surface area (Å²) in [6, 6.07) is 21.0. The third kappa shape index (κ3) is 3.34. The summed E-state index contributed by atoms with van der Waals surface area (Å²) < 4.78 is 27.0. The van der Waals surface area contributed by atoms with Crippen LogP contribution in [0.4, 0.5) is 0 Å². The zero-order chi connectivity index (χ0) is 17.2. The molecule has 0 saturated carbocycles. The number of hydrogen-bond acceptors (Lipinski definition) is 3. The monoisotopic (exact) mass is 357 g/mol. The van der Waals surface area contributed by atoms with Crippen molar-refractivity contribution in [3.05, 3.63) is 72.3 Å². The summed E-state index contributed by atoms with van der Waals surface area (Å²) in [5.41, 5.74) is 1.000. The molecule has 0 aliphatic carbocycles. The van der Waals surface area contributed by atoms with Crippen LogP contribution in [0.1, 0.15) is 5.56 Å². The summed E-state index contributed by atoms with van der Waals surface area (Å²) in [5, 5.41) is 2.20. The van der Waals surface area contributed by atoms with Crippen LogP contribution in [0.3, 0.4) is 0 Å². The Hall–Kier alpha value is -1.82. The van der Waals surface area contributed by atoms with Crippen LogP contribution in [0.25, 0.3) is 10.8 Å². The minimum atomic E-state index is -3.51. The van der Waals surface area contributed by atoms with Gasteiger partial charge in [-0.15, -0.1) is 11.8 Å². The summed E-state index contributed by atoms with van der Waals surface area (Å²) >= 11 is 1.59. The fourth-order valence-electron chi connectivity index (χ4n) is 2.68. The second kappa shape index (κ2) is 6.97.